The van der Waals surface area contributed by atoms with Crippen molar-refractivity contribution < 1.29 is 0 Å². The summed E-state index contributed by atoms with van der Waals surface area (Å²) in [6.07, 6.45) is 1.20. The molecule has 0 heterocycles. The minimum Gasteiger partial charge on any atom is -0.330 e. The molecule has 0 aromatic rings. The molecule has 0 aliphatic heterocycles. The van der Waals surface area contributed by atoms with Gasteiger partial charge in [-0.1, -0.05) is 27.7 Å². The van der Waals surface area contributed by atoms with Crippen LogP contribution in [-0.4, -0.2) is 19.6 Å². The smallest absolute Gasteiger partial charge is 0.0130 e. The maximum absolute atomic E-state index is 5.72. The highest BCUT2D eigenvalue weighted by Gasteiger charge is 2.26. The van der Waals surface area contributed by atoms with Gasteiger partial charge in [-0.2, -0.15) is 0 Å². The Morgan fingerprint density at radius 1 is 1.33 bits per heavy atom. The summed E-state index contributed by atoms with van der Waals surface area (Å²) in [4.78, 5) is 0. The van der Waals surface area contributed by atoms with Crippen LogP contribution in [0.15, 0.2) is 0 Å². The molecule has 1 unspecified atom stereocenters. The van der Waals surface area contributed by atoms with Gasteiger partial charge in [0.1, 0.15) is 0 Å². The number of nitrogens with two attached hydrogens (primary N) is 1. The molecule has 3 N–H and O–H groups in total. The highest BCUT2D eigenvalue weighted by molar-refractivity contribution is 4.84. The van der Waals surface area contributed by atoms with E-state index in [9.17, 15) is 0 Å². The molecule has 0 bridgehead atoms. The maximum atomic E-state index is 5.72. The second-order valence-electron chi connectivity index (χ2n) is 4.66. The Labute approximate surface area is 76.9 Å². The van der Waals surface area contributed by atoms with E-state index in [0.717, 1.165) is 12.5 Å². The van der Waals surface area contributed by atoms with Crippen molar-refractivity contribution >= 4 is 0 Å². The third-order valence-corrected chi connectivity index (χ3v) is 2.52. The average Bonchev–Trinajstić information content (AvgIpc) is 1.99. The lowest BCUT2D eigenvalue weighted by molar-refractivity contribution is 0.229. The van der Waals surface area contributed by atoms with E-state index in [0.29, 0.717) is 6.04 Å². The van der Waals surface area contributed by atoms with Crippen LogP contribution in [0.25, 0.3) is 0 Å². The lowest BCUT2D eigenvalue weighted by atomic mass is 9.80. The summed E-state index contributed by atoms with van der Waals surface area (Å²) in [7, 11) is 2.02. The van der Waals surface area contributed by atoms with Crippen LogP contribution in [0.4, 0.5) is 0 Å². The van der Waals surface area contributed by atoms with Crippen LogP contribution >= 0.6 is 0 Å². The zero-order valence-corrected chi connectivity index (χ0v) is 9.15. The number of hydrogen-bond donors (Lipinski definition) is 2. The average molecular weight is 172 g/mol. The molecular weight excluding hydrogens is 148 g/mol. The van der Waals surface area contributed by atoms with E-state index in [1.165, 1.54) is 6.42 Å². The lowest BCUT2D eigenvalue weighted by Gasteiger charge is -2.34. The molecule has 0 aromatic heterocycles. The summed E-state index contributed by atoms with van der Waals surface area (Å²) in [6, 6.07) is 0.530. The molecule has 0 saturated heterocycles. The van der Waals surface area contributed by atoms with Gasteiger partial charge in [0.15, 0.2) is 0 Å². The van der Waals surface area contributed by atoms with Crippen molar-refractivity contribution in [1.82, 2.24) is 5.32 Å². The minimum absolute atomic E-state index is 0.207. The van der Waals surface area contributed by atoms with Gasteiger partial charge in [-0.15, -0.1) is 0 Å². The highest BCUT2D eigenvalue weighted by atomic mass is 14.9. The Kier molecular flexibility index (Phi) is 4.80. The van der Waals surface area contributed by atoms with E-state index < -0.39 is 0 Å². The van der Waals surface area contributed by atoms with E-state index in [4.69, 9.17) is 5.73 Å². The van der Waals surface area contributed by atoms with Crippen molar-refractivity contribution in [3.8, 4) is 0 Å². The monoisotopic (exact) mass is 172 g/mol. The normalized spacial score (nSPS) is 15.2. The summed E-state index contributed by atoms with van der Waals surface area (Å²) in [6.45, 7) is 9.67. The Hall–Kier alpha value is -0.0800. The largest absolute Gasteiger partial charge is 0.330 e. The molecule has 2 nitrogen and oxygen atoms in total. The third kappa shape index (κ3) is 3.55. The molecule has 2 heteroatoms. The fourth-order valence-electron chi connectivity index (χ4n) is 1.44. The van der Waals surface area contributed by atoms with Crippen molar-refractivity contribution in [3.05, 3.63) is 0 Å². The molecule has 0 rings (SSSR count). The molecule has 0 amide bonds. The third-order valence-electron chi connectivity index (χ3n) is 2.52. The van der Waals surface area contributed by atoms with Crippen LogP contribution in [0, 0.1) is 11.3 Å². The van der Waals surface area contributed by atoms with Crippen LogP contribution in [-0.2, 0) is 0 Å². The van der Waals surface area contributed by atoms with Gasteiger partial charge in [0, 0.05) is 6.04 Å². The van der Waals surface area contributed by atoms with Crippen molar-refractivity contribution in [2.24, 2.45) is 17.1 Å². The topological polar surface area (TPSA) is 38.0 Å². The van der Waals surface area contributed by atoms with E-state index >= 15 is 0 Å². The Bertz CT molecular complexity index is 119. The number of rotatable bonds is 5. The summed E-state index contributed by atoms with van der Waals surface area (Å²) in [5.41, 5.74) is 5.93. The van der Waals surface area contributed by atoms with Gasteiger partial charge in [0.05, 0.1) is 0 Å². The van der Waals surface area contributed by atoms with Gasteiger partial charge in [0.2, 0.25) is 0 Å². The molecule has 0 fully saturated rings. The summed E-state index contributed by atoms with van der Waals surface area (Å²) < 4.78 is 0. The minimum atomic E-state index is 0.207. The predicted octanol–water partition coefficient (Wildman–Crippen LogP) is 1.61. The molecule has 74 valence electrons. The summed E-state index contributed by atoms with van der Waals surface area (Å²) >= 11 is 0. The van der Waals surface area contributed by atoms with E-state index in [-0.39, 0.29) is 5.41 Å². The van der Waals surface area contributed by atoms with E-state index in [2.05, 4.69) is 33.0 Å². The van der Waals surface area contributed by atoms with Crippen molar-refractivity contribution in [3.63, 3.8) is 0 Å². The zero-order chi connectivity index (χ0) is 9.78. The standard InChI is InChI=1S/C10H24N2/c1-8(2)6-9(12-5)10(3,4)7-11/h8-9,12H,6-7,11H2,1-5H3. The fourth-order valence-corrected chi connectivity index (χ4v) is 1.44. The fraction of sp³-hybridized carbons (Fsp3) is 1.00. The zero-order valence-electron chi connectivity index (χ0n) is 9.15. The molecule has 0 aromatic carbocycles. The van der Waals surface area contributed by atoms with Crippen LogP contribution in [0.3, 0.4) is 0 Å². The van der Waals surface area contributed by atoms with Gasteiger partial charge in [-0.25, -0.2) is 0 Å². The molecular formula is C10H24N2. The second-order valence-corrected chi connectivity index (χ2v) is 4.66. The number of nitrogens with one attached hydrogen (secondary N) is 1. The van der Waals surface area contributed by atoms with Gasteiger partial charge < -0.3 is 11.1 Å². The lowest BCUT2D eigenvalue weighted by Crippen LogP contribution is -2.45. The molecule has 0 radical (unpaired) electrons. The first kappa shape index (κ1) is 11.9. The van der Waals surface area contributed by atoms with Crippen LogP contribution in [0.2, 0.25) is 0 Å². The van der Waals surface area contributed by atoms with Gasteiger partial charge >= 0.3 is 0 Å². The van der Waals surface area contributed by atoms with Crippen LogP contribution < -0.4 is 11.1 Å². The molecule has 12 heavy (non-hydrogen) atoms. The quantitative estimate of drug-likeness (QED) is 0.661. The van der Waals surface area contributed by atoms with Crippen molar-refractivity contribution in [2.45, 2.75) is 40.2 Å². The first-order chi connectivity index (χ1) is 5.44. The van der Waals surface area contributed by atoms with Crippen molar-refractivity contribution in [2.75, 3.05) is 13.6 Å². The number of hydrogen-bond acceptors (Lipinski definition) is 2. The van der Waals surface area contributed by atoms with Crippen LogP contribution in [0.5, 0.6) is 0 Å². The highest BCUT2D eigenvalue weighted by Crippen LogP contribution is 2.23. The molecule has 0 aliphatic carbocycles. The van der Waals surface area contributed by atoms with E-state index in [1.807, 2.05) is 7.05 Å². The summed E-state index contributed by atoms with van der Waals surface area (Å²) in [5.74, 6) is 0.730. The Morgan fingerprint density at radius 2 is 1.83 bits per heavy atom. The van der Waals surface area contributed by atoms with E-state index in [1.54, 1.807) is 0 Å². The first-order valence-electron chi connectivity index (χ1n) is 4.81. The second kappa shape index (κ2) is 4.83. The van der Waals surface area contributed by atoms with Gasteiger partial charge in [-0.05, 0) is 31.3 Å². The molecule has 0 spiro atoms. The maximum Gasteiger partial charge on any atom is 0.0130 e. The first-order valence-corrected chi connectivity index (χ1v) is 4.81. The predicted molar refractivity (Wildman–Crippen MR) is 55.1 cm³/mol. The summed E-state index contributed by atoms with van der Waals surface area (Å²) in [5, 5.41) is 3.34. The van der Waals surface area contributed by atoms with Gasteiger partial charge in [-0.3, -0.25) is 0 Å². The molecule has 0 saturated carbocycles. The molecule has 0 aliphatic rings. The van der Waals surface area contributed by atoms with Crippen LogP contribution in [0.1, 0.15) is 34.1 Å². The molecule has 1 atom stereocenters. The van der Waals surface area contributed by atoms with Gasteiger partial charge in [0.25, 0.3) is 0 Å². The van der Waals surface area contributed by atoms with Crippen molar-refractivity contribution in [1.29, 1.82) is 0 Å². The Morgan fingerprint density at radius 3 is 2.08 bits per heavy atom. The SMILES string of the molecule is CNC(CC(C)C)C(C)(C)CN. The Balaban J connectivity index is 4.13.